The molecule has 202 valence electrons. The Morgan fingerprint density at radius 3 is 2.08 bits per heavy atom. The lowest BCUT2D eigenvalue weighted by Gasteiger charge is -2.32. The molecule has 7 nitrogen and oxygen atoms in total. The molecule has 0 unspecified atom stereocenters. The van der Waals surface area contributed by atoms with Gasteiger partial charge in [0.1, 0.15) is 12.6 Å². The third-order valence-corrected chi connectivity index (χ3v) is 8.23. The number of hydrogen-bond donors (Lipinski definition) is 1. The Hall–Kier alpha value is -2.78. The van der Waals surface area contributed by atoms with E-state index in [2.05, 4.69) is 5.32 Å². The first-order valence-electron chi connectivity index (χ1n) is 11.8. The van der Waals surface area contributed by atoms with Crippen LogP contribution < -0.4 is 9.62 Å². The fraction of sp³-hybridized carbons (Fsp3) is 0.259. The van der Waals surface area contributed by atoms with Crippen molar-refractivity contribution in [2.24, 2.45) is 0 Å². The second-order valence-corrected chi connectivity index (χ2v) is 12.1. The van der Waals surface area contributed by atoms with Gasteiger partial charge in [0, 0.05) is 22.6 Å². The van der Waals surface area contributed by atoms with Gasteiger partial charge in [-0.05, 0) is 68.8 Å². The Morgan fingerprint density at radius 2 is 1.47 bits per heavy atom. The van der Waals surface area contributed by atoms with Crippen LogP contribution in [0.3, 0.4) is 0 Å². The summed E-state index contributed by atoms with van der Waals surface area (Å²) in [6, 6.07) is 17.8. The average molecular weight is 597 g/mol. The number of hydrogen-bond acceptors (Lipinski definition) is 4. The Labute approximate surface area is 238 Å². The summed E-state index contributed by atoms with van der Waals surface area (Å²) >= 11 is 18.6. The van der Waals surface area contributed by atoms with Crippen molar-refractivity contribution in [3.8, 4) is 0 Å². The summed E-state index contributed by atoms with van der Waals surface area (Å²) < 4.78 is 28.4. The van der Waals surface area contributed by atoms with Gasteiger partial charge in [-0.25, -0.2) is 8.42 Å². The fourth-order valence-electron chi connectivity index (χ4n) is 3.68. The average Bonchev–Trinajstić information content (AvgIpc) is 2.88. The summed E-state index contributed by atoms with van der Waals surface area (Å²) in [5.41, 5.74) is 0.757. The monoisotopic (exact) mass is 595 g/mol. The van der Waals surface area contributed by atoms with E-state index < -0.39 is 28.5 Å². The molecule has 0 aromatic heterocycles. The summed E-state index contributed by atoms with van der Waals surface area (Å²) in [5.74, 6) is -0.984. The van der Waals surface area contributed by atoms with Crippen molar-refractivity contribution in [3.05, 3.63) is 93.4 Å². The van der Waals surface area contributed by atoms with Crippen LogP contribution in [0, 0.1) is 0 Å². The van der Waals surface area contributed by atoms with Crippen LogP contribution in [0.4, 0.5) is 5.69 Å². The SMILES string of the molecule is CC(C)NC(=O)[C@@H](C)N(Cc1ccc(Cl)cc1)C(=O)CN(c1cc(Cl)ccc1Cl)S(=O)(=O)c1ccccc1. The van der Waals surface area contributed by atoms with Crippen LogP contribution in [-0.4, -0.2) is 43.8 Å². The number of rotatable bonds is 10. The van der Waals surface area contributed by atoms with Gasteiger partial charge in [0.15, 0.2) is 0 Å². The minimum absolute atomic E-state index is 0.0290. The van der Waals surface area contributed by atoms with Gasteiger partial charge in [0.05, 0.1) is 15.6 Å². The van der Waals surface area contributed by atoms with Crippen molar-refractivity contribution >= 4 is 62.3 Å². The molecule has 0 saturated carbocycles. The highest BCUT2D eigenvalue weighted by Crippen LogP contribution is 2.33. The molecule has 0 saturated heterocycles. The van der Waals surface area contributed by atoms with Gasteiger partial charge in [0.25, 0.3) is 10.0 Å². The Kier molecular flexibility index (Phi) is 10.1. The number of benzene rings is 3. The Balaban J connectivity index is 2.06. The zero-order chi connectivity index (χ0) is 28.0. The van der Waals surface area contributed by atoms with Crippen LogP contribution in [0.15, 0.2) is 77.7 Å². The molecule has 3 aromatic rings. The number of carbonyl (C=O) groups is 2. The van der Waals surface area contributed by atoms with Crippen molar-refractivity contribution < 1.29 is 18.0 Å². The van der Waals surface area contributed by atoms with Crippen molar-refractivity contribution in [2.45, 2.75) is 44.3 Å². The molecule has 0 fully saturated rings. The number of sulfonamides is 1. The highest BCUT2D eigenvalue weighted by Gasteiger charge is 2.33. The zero-order valence-corrected chi connectivity index (χ0v) is 24.2. The maximum atomic E-state index is 13.8. The number of amides is 2. The predicted octanol–water partition coefficient (Wildman–Crippen LogP) is 5.78. The summed E-state index contributed by atoms with van der Waals surface area (Å²) in [4.78, 5) is 28.1. The zero-order valence-electron chi connectivity index (χ0n) is 21.1. The van der Waals surface area contributed by atoms with E-state index in [1.165, 1.54) is 35.2 Å². The molecule has 1 atom stereocenters. The van der Waals surface area contributed by atoms with Crippen molar-refractivity contribution in [1.82, 2.24) is 10.2 Å². The first-order chi connectivity index (χ1) is 17.9. The van der Waals surface area contributed by atoms with E-state index in [-0.39, 0.29) is 39.1 Å². The molecule has 0 spiro atoms. The molecule has 0 radical (unpaired) electrons. The van der Waals surface area contributed by atoms with Gasteiger partial charge in [0.2, 0.25) is 11.8 Å². The minimum atomic E-state index is -4.24. The molecule has 0 aliphatic rings. The standard InChI is InChI=1S/C27H28Cl3N3O4S/c1-18(2)31-27(35)19(3)32(16-20-9-11-21(28)12-10-20)26(34)17-33(25-15-22(29)13-14-24(25)30)38(36,37)23-7-5-4-6-8-23/h4-15,18-19H,16-17H2,1-3H3,(H,31,35)/t19-/m1/s1. The lowest BCUT2D eigenvalue weighted by Crippen LogP contribution is -2.52. The normalized spacial score (nSPS) is 12.2. The number of nitrogens with zero attached hydrogens (tertiary/aromatic N) is 2. The van der Waals surface area contributed by atoms with Crippen LogP contribution in [-0.2, 0) is 26.2 Å². The summed E-state index contributed by atoms with van der Waals surface area (Å²) in [5, 5.41) is 3.66. The molecular formula is C27H28Cl3N3O4S. The van der Waals surface area contributed by atoms with Crippen LogP contribution in [0.5, 0.6) is 0 Å². The minimum Gasteiger partial charge on any atom is -0.352 e. The molecule has 11 heteroatoms. The molecule has 0 aliphatic carbocycles. The second-order valence-electron chi connectivity index (χ2n) is 8.91. The second kappa shape index (κ2) is 12.8. The molecular weight excluding hydrogens is 569 g/mol. The summed E-state index contributed by atoms with van der Waals surface area (Å²) in [7, 11) is -4.24. The topological polar surface area (TPSA) is 86.8 Å². The highest BCUT2D eigenvalue weighted by molar-refractivity contribution is 7.92. The molecule has 38 heavy (non-hydrogen) atoms. The first-order valence-corrected chi connectivity index (χ1v) is 14.3. The Morgan fingerprint density at radius 1 is 0.868 bits per heavy atom. The van der Waals surface area contributed by atoms with Crippen molar-refractivity contribution in [1.29, 1.82) is 0 Å². The molecule has 2 amide bonds. The molecule has 1 N–H and O–H groups in total. The molecule has 0 bridgehead atoms. The maximum Gasteiger partial charge on any atom is 0.264 e. The van der Waals surface area contributed by atoms with Crippen LogP contribution in [0.1, 0.15) is 26.3 Å². The molecule has 3 aromatic carbocycles. The number of anilines is 1. The third-order valence-electron chi connectivity index (χ3n) is 5.65. The quantitative estimate of drug-likeness (QED) is 0.321. The van der Waals surface area contributed by atoms with E-state index in [1.807, 2.05) is 13.8 Å². The summed E-state index contributed by atoms with van der Waals surface area (Å²) in [6.45, 7) is 4.64. The number of nitrogens with one attached hydrogen (secondary N) is 1. The van der Waals surface area contributed by atoms with Crippen LogP contribution >= 0.6 is 34.8 Å². The van der Waals surface area contributed by atoms with E-state index in [1.54, 1.807) is 49.4 Å². The third kappa shape index (κ3) is 7.41. The van der Waals surface area contributed by atoms with Gasteiger partial charge in [-0.15, -0.1) is 0 Å². The highest BCUT2D eigenvalue weighted by atomic mass is 35.5. The number of halogens is 3. The summed E-state index contributed by atoms with van der Waals surface area (Å²) in [6.07, 6.45) is 0. The lowest BCUT2D eigenvalue weighted by atomic mass is 10.1. The van der Waals surface area contributed by atoms with E-state index in [0.29, 0.717) is 10.6 Å². The van der Waals surface area contributed by atoms with E-state index >= 15 is 0 Å². The van der Waals surface area contributed by atoms with Crippen LogP contribution in [0.2, 0.25) is 15.1 Å². The van der Waals surface area contributed by atoms with Crippen molar-refractivity contribution in [3.63, 3.8) is 0 Å². The number of carbonyl (C=O) groups excluding carboxylic acids is 2. The first kappa shape index (κ1) is 29.8. The maximum absolute atomic E-state index is 13.8. The fourth-order valence-corrected chi connectivity index (χ4v) is 5.69. The lowest BCUT2D eigenvalue weighted by molar-refractivity contribution is -0.139. The molecule has 3 rings (SSSR count). The largest absolute Gasteiger partial charge is 0.352 e. The van der Waals surface area contributed by atoms with Crippen LogP contribution in [0.25, 0.3) is 0 Å². The van der Waals surface area contributed by atoms with Gasteiger partial charge in [-0.3, -0.25) is 13.9 Å². The van der Waals surface area contributed by atoms with E-state index in [4.69, 9.17) is 34.8 Å². The van der Waals surface area contributed by atoms with Gasteiger partial charge in [-0.1, -0.05) is 65.1 Å². The predicted molar refractivity (Wildman–Crippen MR) is 152 cm³/mol. The van der Waals surface area contributed by atoms with Gasteiger partial charge < -0.3 is 10.2 Å². The van der Waals surface area contributed by atoms with Gasteiger partial charge in [-0.2, -0.15) is 0 Å². The van der Waals surface area contributed by atoms with E-state index in [0.717, 1.165) is 4.31 Å². The smallest absolute Gasteiger partial charge is 0.264 e. The molecule has 0 heterocycles. The van der Waals surface area contributed by atoms with E-state index in [9.17, 15) is 18.0 Å². The molecule has 0 aliphatic heterocycles. The Bertz CT molecular complexity index is 1380. The van der Waals surface area contributed by atoms with Crippen molar-refractivity contribution in [2.75, 3.05) is 10.8 Å². The van der Waals surface area contributed by atoms with Gasteiger partial charge >= 0.3 is 0 Å².